The second-order valence-corrected chi connectivity index (χ2v) is 4.87. The maximum absolute atomic E-state index is 9.56. The molecule has 2 nitrogen and oxygen atoms in total. The van der Waals surface area contributed by atoms with Gasteiger partial charge >= 0.3 is 0 Å². The molecule has 0 unspecified atom stereocenters. The van der Waals surface area contributed by atoms with E-state index in [9.17, 15) is 10.5 Å². The first-order valence-corrected chi connectivity index (χ1v) is 6.93. The van der Waals surface area contributed by atoms with Gasteiger partial charge in [0.1, 0.15) is 12.1 Å². The molecule has 102 valence electrons. The summed E-state index contributed by atoms with van der Waals surface area (Å²) in [6.07, 6.45) is 0. The molecule has 0 amide bonds. The zero-order chi connectivity index (χ0) is 15.4. The third-order valence-electron chi connectivity index (χ3n) is 3.60. The monoisotopic (exact) mass is 280 g/mol. The summed E-state index contributed by atoms with van der Waals surface area (Å²) in [6, 6.07) is 27.6. The molecule has 2 heteroatoms. The van der Waals surface area contributed by atoms with Crippen molar-refractivity contribution in [2.24, 2.45) is 0 Å². The molecule has 3 aromatic rings. The van der Waals surface area contributed by atoms with Gasteiger partial charge in [0, 0.05) is 11.1 Å². The van der Waals surface area contributed by atoms with Crippen LogP contribution in [0.25, 0.3) is 22.3 Å². The van der Waals surface area contributed by atoms with Gasteiger partial charge in [0.25, 0.3) is 0 Å². The predicted octanol–water partition coefficient (Wildman–Crippen LogP) is 4.76. The van der Waals surface area contributed by atoms with E-state index in [0.717, 1.165) is 22.3 Å². The van der Waals surface area contributed by atoms with Crippen LogP contribution in [0.2, 0.25) is 0 Å². The summed E-state index contributed by atoms with van der Waals surface area (Å²) in [7, 11) is 0. The molecule has 0 aliphatic heterocycles. The van der Waals surface area contributed by atoms with Gasteiger partial charge in [0.15, 0.2) is 0 Å². The van der Waals surface area contributed by atoms with Gasteiger partial charge in [-0.3, -0.25) is 0 Å². The lowest BCUT2D eigenvalue weighted by Crippen LogP contribution is -1.93. The van der Waals surface area contributed by atoms with E-state index in [-0.39, 0.29) is 0 Å². The normalized spacial score (nSPS) is 9.73. The molecule has 0 atom stereocenters. The third kappa shape index (κ3) is 2.35. The maximum atomic E-state index is 9.56. The van der Waals surface area contributed by atoms with E-state index in [1.165, 1.54) is 0 Å². The van der Waals surface area contributed by atoms with Gasteiger partial charge in [-0.05, 0) is 11.1 Å². The minimum Gasteiger partial charge on any atom is -0.192 e. The Morgan fingerprint density at radius 3 is 1.18 bits per heavy atom. The standard InChI is InChI=1S/C20H12N2/c21-13-19-17(15-7-3-1-4-8-15)11-12-18(20(19)14-22)16-9-5-2-6-10-16/h1-12H. The highest BCUT2D eigenvalue weighted by Crippen LogP contribution is 2.32. The van der Waals surface area contributed by atoms with Crippen LogP contribution in [-0.4, -0.2) is 0 Å². The van der Waals surface area contributed by atoms with Crippen molar-refractivity contribution in [3.8, 4) is 34.4 Å². The Morgan fingerprint density at radius 2 is 0.864 bits per heavy atom. The largest absolute Gasteiger partial charge is 0.192 e. The zero-order valence-electron chi connectivity index (χ0n) is 11.8. The van der Waals surface area contributed by atoms with E-state index in [1.54, 1.807) is 0 Å². The highest BCUT2D eigenvalue weighted by Gasteiger charge is 2.15. The van der Waals surface area contributed by atoms with E-state index in [2.05, 4.69) is 12.1 Å². The summed E-state index contributed by atoms with van der Waals surface area (Å²) in [6.45, 7) is 0. The molecule has 0 fully saturated rings. The van der Waals surface area contributed by atoms with Crippen LogP contribution in [0.15, 0.2) is 72.8 Å². The minimum absolute atomic E-state index is 0.426. The second kappa shape index (κ2) is 5.95. The molecule has 0 spiro atoms. The van der Waals surface area contributed by atoms with Crippen molar-refractivity contribution < 1.29 is 0 Å². The van der Waals surface area contributed by atoms with Crippen molar-refractivity contribution in [1.82, 2.24) is 0 Å². The van der Waals surface area contributed by atoms with E-state index < -0.39 is 0 Å². The van der Waals surface area contributed by atoms with Crippen LogP contribution in [0.4, 0.5) is 0 Å². The second-order valence-electron chi connectivity index (χ2n) is 4.87. The summed E-state index contributed by atoms with van der Waals surface area (Å²) >= 11 is 0. The van der Waals surface area contributed by atoms with Crippen molar-refractivity contribution in [2.75, 3.05) is 0 Å². The predicted molar refractivity (Wildman–Crippen MR) is 86.7 cm³/mol. The van der Waals surface area contributed by atoms with E-state index >= 15 is 0 Å². The molecule has 0 saturated carbocycles. The molecule has 0 aromatic heterocycles. The Balaban J connectivity index is 2.27. The lowest BCUT2D eigenvalue weighted by atomic mass is 9.90. The average molecular weight is 280 g/mol. The Labute approximate surface area is 129 Å². The fourth-order valence-electron chi connectivity index (χ4n) is 2.55. The van der Waals surface area contributed by atoms with Crippen molar-refractivity contribution in [3.63, 3.8) is 0 Å². The minimum atomic E-state index is 0.426. The summed E-state index contributed by atoms with van der Waals surface area (Å²) < 4.78 is 0. The van der Waals surface area contributed by atoms with Gasteiger partial charge in [0.2, 0.25) is 0 Å². The molecule has 0 bridgehead atoms. The first kappa shape index (κ1) is 13.6. The quantitative estimate of drug-likeness (QED) is 0.679. The smallest absolute Gasteiger partial charge is 0.101 e. The van der Waals surface area contributed by atoms with Crippen LogP contribution in [0.1, 0.15) is 11.1 Å². The summed E-state index contributed by atoms with van der Waals surface area (Å²) in [5, 5.41) is 19.1. The molecule has 3 rings (SSSR count). The van der Waals surface area contributed by atoms with Crippen LogP contribution < -0.4 is 0 Å². The van der Waals surface area contributed by atoms with Crippen molar-refractivity contribution >= 4 is 0 Å². The number of nitrogens with zero attached hydrogens (tertiary/aromatic N) is 2. The maximum Gasteiger partial charge on any atom is 0.101 e. The van der Waals surface area contributed by atoms with Crippen LogP contribution in [0.3, 0.4) is 0 Å². The van der Waals surface area contributed by atoms with Gasteiger partial charge in [-0.1, -0.05) is 72.8 Å². The average Bonchev–Trinajstić information content (AvgIpc) is 2.61. The molecule has 0 aliphatic carbocycles. The van der Waals surface area contributed by atoms with Crippen LogP contribution in [0.5, 0.6) is 0 Å². The van der Waals surface area contributed by atoms with Crippen LogP contribution in [-0.2, 0) is 0 Å². The first-order valence-electron chi connectivity index (χ1n) is 6.93. The molecular formula is C20H12N2. The summed E-state index contributed by atoms with van der Waals surface area (Å²) in [5.41, 5.74) is 4.31. The number of nitriles is 2. The highest BCUT2D eigenvalue weighted by molar-refractivity contribution is 5.82. The highest BCUT2D eigenvalue weighted by atomic mass is 14.3. The molecule has 0 radical (unpaired) electrons. The number of benzene rings is 3. The fourth-order valence-corrected chi connectivity index (χ4v) is 2.55. The SMILES string of the molecule is N#Cc1c(-c2ccccc2)ccc(-c2ccccc2)c1C#N. The van der Waals surface area contributed by atoms with Crippen molar-refractivity contribution in [2.45, 2.75) is 0 Å². The summed E-state index contributed by atoms with van der Waals surface area (Å²) in [5.74, 6) is 0. The Morgan fingerprint density at radius 1 is 0.500 bits per heavy atom. The lowest BCUT2D eigenvalue weighted by molar-refractivity contribution is 1.42. The molecule has 0 N–H and O–H groups in total. The lowest BCUT2D eigenvalue weighted by Gasteiger charge is -2.10. The Kier molecular flexibility index (Phi) is 3.69. The topological polar surface area (TPSA) is 47.6 Å². The molecule has 0 heterocycles. The Bertz CT molecular complexity index is 806. The van der Waals surface area contributed by atoms with Crippen LogP contribution in [0, 0.1) is 22.7 Å². The zero-order valence-corrected chi connectivity index (χ0v) is 11.8. The van der Waals surface area contributed by atoms with Crippen LogP contribution >= 0.6 is 0 Å². The van der Waals surface area contributed by atoms with Gasteiger partial charge < -0.3 is 0 Å². The van der Waals surface area contributed by atoms with Gasteiger partial charge in [-0.2, -0.15) is 10.5 Å². The van der Waals surface area contributed by atoms with E-state index in [1.807, 2.05) is 72.8 Å². The van der Waals surface area contributed by atoms with Gasteiger partial charge in [-0.15, -0.1) is 0 Å². The Hall–Kier alpha value is -3.36. The number of rotatable bonds is 2. The molecule has 0 saturated heterocycles. The van der Waals surface area contributed by atoms with E-state index in [0.29, 0.717) is 11.1 Å². The van der Waals surface area contributed by atoms with E-state index in [4.69, 9.17) is 0 Å². The van der Waals surface area contributed by atoms with Crippen molar-refractivity contribution in [3.05, 3.63) is 83.9 Å². The molecule has 3 aromatic carbocycles. The first-order chi connectivity index (χ1) is 10.8. The number of hydrogen-bond acceptors (Lipinski definition) is 2. The third-order valence-corrected chi connectivity index (χ3v) is 3.60. The number of hydrogen-bond donors (Lipinski definition) is 0. The van der Waals surface area contributed by atoms with Gasteiger partial charge in [0.05, 0.1) is 11.1 Å². The molecular weight excluding hydrogens is 268 g/mol. The molecule has 0 aliphatic rings. The summed E-state index contributed by atoms with van der Waals surface area (Å²) in [4.78, 5) is 0. The van der Waals surface area contributed by atoms with Crippen molar-refractivity contribution in [1.29, 1.82) is 10.5 Å². The van der Waals surface area contributed by atoms with Gasteiger partial charge in [-0.25, -0.2) is 0 Å². The molecule has 22 heavy (non-hydrogen) atoms. The fraction of sp³-hybridized carbons (Fsp3) is 0.